The highest BCUT2D eigenvalue weighted by atomic mass is 14.8. The predicted molar refractivity (Wildman–Crippen MR) is 37.9 cm³/mol. The minimum Gasteiger partial charge on any atom is -0.327 e. The summed E-state index contributed by atoms with van der Waals surface area (Å²) in [6, 6.07) is 0.515. The van der Waals surface area contributed by atoms with Crippen LogP contribution in [-0.2, 0) is 0 Å². The van der Waals surface area contributed by atoms with Gasteiger partial charge in [-0.2, -0.15) is 0 Å². The summed E-state index contributed by atoms with van der Waals surface area (Å²) in [5.74, 6) is 1.61. The number of hydrogen-bond donors (Lipinski definition) is 1. The molecule has 1 nitrogen and oxygen atoms in total. The molecule has 2 aliphatic carbocycles. The van der Waals surface area contributed by atoms with Gasteiger partial charge in [-0.1, -0.05) is 12.2 Å². The first-order chi connectivity index (χ1) is 4.39. The number of rotatable bonds is 0. The summed E-state index contributed by atoms with van der Waals surface area (Å²) in [5.41, 5.74) is 5.79. The van der Waals surface area contributed by atoms with Crippen LogP contribution in [0.2, 0.25) is 0 Å². The second kappa shape index (κ2) is 1.84. The molecule has 0 aromatic rings. The van der Waals surface area contributed by atoms with Crippen molar-refractivity contribution in [2.45, 2.75) is 25.3 Å². The van der Waals surface area contributed by atoms with E-state index in [4.69, 9.17) is 5.73 Å². The van der Waals surface area contributed by atoms with Crippen LogP contribution in [0.15, 0.2) is 12.2 Å². The number of hydrogen-bond acceptors (Lipinski definition) is 1. The first-order valence-corrected chi connectivity index (χ1v) is 3.82. The van der Waals surface area contributed by atoms with Crippen molar-refractivity contribution in [1.29, 1.82) is 0 Å². The Morgan fingerprint density at radius 2 is 2.33 bits per heavy atom. The van der Waals surface area contributed by atoms with Crippen LogP contribution in [0.1, 0.15) is 19.3 Å². The lowest BCUT2D eigenvalue weighted by atomic mass is 10.2. The molecular weight excluding hydrogens is 110 g/mol. The van der Waals surface area contributed by atoms with E-state index in [1.165, 1.54) is 19.3 Å². The van der Waals surface area contributed by atoms with Crippen LogP contribution in [0.4, 0.5) is 0 Å². The van der Waals surface area contributed by atoms with Crippen LogP contribution in [0, 0.1) is 11.8 Å². The normalized spacial score (nSPS) is 47.9. The fourth-order valence-corrected chi connectivity index (χ4v) is 1.81. The molecule has 1 saturated carbocycles. The first-order valence-electron chi connectivity index (χ1n) is 3.82. The van der Waals surface area contributed by atoms with Crippen LogP contribution < -0.4 is 5.73 Å². The Morgan fingerprint density at radius 1 is 1.44 bits per heavy atom. The van der Waals surface area contributed by atoms with Crippen LogP contribution in [0.25, 0.3) is 0 Å². The minimum atomic E-state index is 0.515. The molecule has 0 bridgehead atoms. The Hall–Kier alpha value is -0.300. The van der Waals surface area contributed by atoms with Gasteiger partial charge in [-0.3, -0.25) is 0 Å². The molecule has 50 valence electrons. The van der Waals surface area contributed by atoms with Gasteiger partial charge in [-0.25, -0.2) is 0 Å². The van der Waals surface area contributed by atoms with Crippen LogP contribution >= 0.6 is 0 Å². The van der Waals surface area contributed by atoms with Gasteiger partial charge in [0.05, 0.1) is 0 Å². The molecule has 0 spiro atoms. The molecule has 9 heavy (non-hydrogen) atoms. The molecule has 0 heterocycles. The Bertz CT molecular complexity index is 140. The molecule has 0 aliphatic heterocycles. The lowest BCUT2D eigenvalue weighted by Crippen LogP contribution is -2.03. The molecule has 2 aliphatic rings. The average molecular weight is 123 g/mol. The van der Waals surface area contributed by atoms with Gasteiger partial charge in [0, 0.05) is 6.04 Å². The van der Waals surface area contributed by atoms with E-state index in [2.05, 4.69) is 12.2 Å². The van der Waals surface area contributed by atoms with Gasteiger partial charge < -0.3 is 5.73 Å². The minimum absolute atomic E-state index is 0.515. The summed E-state index contributed by atoms with van der Waals surface area (Å²) in [5, 5.41) is 0. The smallest absolute Gasteiger partial charge is 0.0140 e. The third-order valence-electron chi connectivity index (χ3n) is 2.56. The molecule has 1 fully saturated rings. The fourth-order valence-electron chi connectivity index (χ4n) is 1.81. The predicted octanol–water partition coefficient (Wildman–Crippen LogP) is 1.30. The summed E-state index contributed by atoms with van der Waals surface area (Å²) >= 11 is 0. The second-order valence-corrected chi connectivity index (χ2v) is 3.18. The van der Waals surface area contributed by atoms with E-state index in [-0.39, 0.29) is 0 Å². The van der Waals surface area contributed by atoms with E-state index in [1.807, 2.05) is 0 Å². The van der Waals surface area contributed by atoms with Crippen molar-refractivity contribution in [3.63, 3.8) is 0 Å². The molecule has 0 amide bonds. The molecule has 0 aromatic heterocycles. The molecule has 0 aromatic carbocycles. The van der Waals surface area contributed by atoms with Gasteiger partial charge in [0.2, 0.25) is 0 Å². The van der Waals surface area contributed by atoms with Gasteiger partial charge in [0.25, 0.3) is 0 Å². The number of allylic oxidation sites excluding steroid dienone is 1. The highest BCUT2D eigenvalue weighted by Crippen LogP contribution is 2.43. The van der Waals surface area contributed by atoms with Gasteiger partial charge >= 0.3 is 0 Å². The zero-order chi connectivity index (χ0) is 6.27. The van der Waals surface area contributed by atoms with E-state index in [1.54, 1.807) is 0 Å². The monoisotopic (exact) mass is 123 g/mol. The fraction of sp³-hybridized carbons (Fsp3) is 0.750. The third-order valence-corrected chi connectivity index (χ3v) is 2.56. The van der Waals surface area contributed by atoms with Gasteiger partial charge in [0.1, 0.15) is 0 Å². The van der Waals surface area contributed by atoms with Crippen molar-refractivity contribution in [3.8, 4) is 0 Å². The lowest BCUT2D eigenvalue weighted by Gasteiger charge is -1.91. The molecule has 3 unspecified atom stereocenters. The molecule has 0 saturated heterocycles. The van der Waals surface area contributed by atoms with Crippen LogP contribution in [0.5, 0.6) is 0 Å². The maximum atomic E-state index is 5.79. The average Bonchev–Trinajstić information content (AvgIpc) is 2.51. The summed E-state index contributed by atoms with van der Waals surface area (Å²) in [4.78, 5) is 0. The molecule has 2 N–H and O–H groups in total. The molecule has 2 rings (SSSR count). The Morgan fingerprint density at radius 3 is 3.22 bits per heavy atom. The number of nitrogens with two attached hydrogens (primary N) is 1. The van der Waals surface area contributed by atoms with Gasteiger partial charge in [-0.15, -0.1) is 0 Å². The first kappa shape index (κ1) is 5.48. The van der Waals surface area contributed by atoms with Crippen LogP contribution in [-0.4, -0.2) is 6.04 Å². The van der Waals surface area contributed by atoms with Crippen molar-refractivity contribution in [1.82, 2.24) is 0 Å². The maximum absolute atomic E-state index is 5.79. The Labute approximate surface area is 55.9 Å². The lowest BCUT2D eigenvalue weighted by molar-refractivity contribution is 0.653. The second-order valence-electron chi connectivity index (χ2n) is 3.18. The molecule has 1 heteroatoms. The highest BCUT2D eigenvalue weighted by Gasteiger charge is 2.45. The summed E-state index contributed by atoms with van der Waals surface area (Å²) in [7, 11) is 0. The third kappa shape index (κ3) is 0.799. The summed E-state index contributed by atoms with van der Waals surface area (Å²) in [6.45, 7) is 0. The standard InChI is InChI=1S/C8H13N/c9-8-6-4-2-1-3-5-7(6)8/h2,4,6-8H,1,3,5,9H2. The summed E-state index contributed by atoms with van der Waals surface area (Å²) in [6.07, 6.45) is 8.59. The molecule has 0 radical (unpaired) electrons. The zero-order valence-corrected chi connectivity index (χ0v) is 5.59. The summed E-state index contributed by atoms with van der Waals surface area (Å²) < 4.78 is 0. The quantitative estimate of drug-likeness (QED) is 0.483. The Kier molecular flexibility index (Phi) is 1.12. The van der Waals surface area contributed by atoms with E-state index >= 15 is 0 Å². The molecule has 3 atom stereocenters. The van der Waals surface area contributed by atoms with E-state index in [0.717, 1.165) is 11.8 Å². The highest BCUT2D eigenvalue weighted by molar-refractivity contribution is 5.13. The largest absolute Gasteiger partial charge is 0.327 e. The van der Waals surface area contributed by atoms with Crippen LogP contribution in [0.3, 0.4) is 0 Å². The van der Waals surface area contributed by atoms with Crippen molar-refractivity contribution in [2.24, 2.45) is 17.6 Å². The van der Waals surface area contributed by atoms with E-state index in [9.17, 15) is 0 Å². The van der Waals surface area contributed by atoms with Crippen molar-refractivity contribution in [3.05, 3.63) is 12.2 Å². The topological polar surface area (TPSA) is 26.0 Å². The van der Waals surface area contributed by atoms with Crippen molar-refractivity contribution < 1.29 is 0 Å². The van der Waals surface area contributed by atoms with Crippen molar-refractivity contribution >= 4 is 0 Å². The molecular formula is C8H13N. The maximum Gasteiger partial charge on any atom is 0.0140 e. The van der Waals surface area contributed by atoms with Gasteiger partial charge in [-0.05, 0) is 31.1 Å². The van der Waals surface area contributed by atoms with Crippen molar-refractivity contribution in [2.75, 3.05) is 0 Å². The Balaban J connectivity index is 2.05. The van der Waals surface area contributed by atoms with E-state index in [0.29, 0.717) is 6.04 Å². The van der Waals surface area contributed by atoms with E-state index < -0.39 is 0 Å². The number of fused-ring (bicyclic) bond motifs is 1. The van der Waals surface area contributed by atoms with Gasteiger partial charge in [0.15, 0.2) is 0 Å². The SMILES string of the molecule is NC1C2C=CCCCC12. The zero-order valence-electron chi connectivity index (χ0n) is 5.59.